The van der Waals surface area contributed by atoms with Crippen LogP contribution in [0.4, 0.5) is 5.82 Å². The Morgan fingerprint density at radius 1 is 1.22 bits per heavy atom. The number of fused-ring (bicyclic) bond motifs is 1. The number of anilines is 1. The zero-order chi connectivity index (χ0) is 16.4. The molecule has 0 aliphatic rings. The molecule has 23 heavy (non-hydrogen) atoms. The molecule has 7 heteroatoms. The second-order valence-corrected chi connectivity index (χ2v) is 5.65. The monoisotopic (exact) mass is 330 g/mol. The van der Waals surface area contributed by atoms with E-state index in [4.69, 9.17) is 11.6 Å². The summed E-state index contributed by atoms with van der Waals surface area (Å²) in [5.41, 5.74) is 1.08. The smallest absolute Gasteiger partial charge is 0.158 e. The standard InChI is InChI=1S/C16H15ClN4O2/c1-9(22)7-19-16-13-8-18-5-4-11(13)15(20-21-16)12-3-2-10(17)6-14(12)23/h2-6,8-9,22-23H,7H2,1H3,(H,19,21). The third-order valence-corrected chi connectivity index (χ3v) is 3.60. The van der Waals surface area contributed by atoms with Crippen molar-refractivity contribution < 1.29 is 10.2 Å². The number of aliphatic hydroxyl groups excluding tert-OH is 1. The Balaban J connectivity index is 2.14. The summed E-state index contributed by atoms with van der Waals surface area (Å²) in [6, 6.07) is 6.65. The molecule has 0 aliphatic carbocycles. The Bertz CT molecular complexity index is 855. The molecule has 3 rings (SSSR count). The summed E-state index contributed by atoms with van der Waals surface area (Å²) in [4.78, 5) is 4.12. The minimum absolute atomic E-state index is 0.0367. The molecule has 3 aromatic rings. The molecule has 0 saturated heterocycles. The van der Waals surface area contributed by atoms with Crippen LogP contribution in [0.5, 0.6) is 5.75 Å². The second-order valence-electron chi connectivity index (χ2n) is 5.21. The molecule has 0 spiro atoms. The number of aromatic nitrogens is 3. The van der Waals surface area contributed by atoms with Crippen LogP contribution in [-0.4, -0.2) is 38.0 Å². The second kappa shape index (κ2) is 6.36. The van der Waals surface area contributed by atoms with Crippen molar-refractivity contribution in [2.75, 3.05) is 11.9 Å². The van der Waals surface area contributed by atoms with Crippen molar-refractivity contribution in [1.82, 2.24) is 15.2 Å². The zero-order valence-corrected chi connectivity index (χ0v) is 13.1. The summed E-state index contributed by atoms with van der Waals surface area (Å²) in [5, 5.41) is 33.0. The van der Waals surface area contributed by atoms with E-state index in [0.717, 1.165) is 10.8 Å². The molecule has 2 aromatic heterocycles. The maximum absolute atomic E-state index is 10.1. The number of benzene rings is 1. The summed E-state index contributed by atoms with van der Waals surface area (Å²) in [6.45, 7) is 2.03. The van der Waals surface area contributed by atoms with Crippen LogP contribution in [0.1, 0.15) is 6.92 Å². The highest BCUT2D eigenvalue weighted by atomic mass is 35.5. The number of pyridine rings is 1. The van der Waals surface area contributed by atoms with E-state index >= 15 is 0 Å². The van der Waals surface area contributed by atoms with Gasteiger partial charge in [0.25, 0.3) is 0 Å². The maximum atomic E-state index is 10.1. The minimum Gasteiger partial charge on any atom is -0.507 e. The first kappa shape index (κ1) is 15.5. The van der Waals surface area contributed by atoms with Crippen LogP contribution in [-0.2, 0) is 0 Å². The van der Waals surface area contributed by atoms with Crippen LogP contribution in [0.2, 0.25) is 5.02 Å². The van der Waals surface area contributed by atoms with E-state index in [1.807, 2.05) is 0 Å². The van der Waals surface area contributed by atoms with E-state index in [9.17, 15) is 10.2 Å². The molecular formula is C16H15ClN4O2. The molecule has 118 valence electrons. The van der Waals surface area contributed by atoms with Gasteiger partial charge >= 0.3 is 0 Å². The molecule has 0 saturated carbocycles. The van der Waals surface area contributed by atoms with Crippen molar-refractivity contribution in [2.45, 2.75) is 13.0 Å². The van der Waals surface area contributed by atoms with Crippen molar-refractivity contribution in [3.8, 4) is 17.0 Å². The molecule has 1 aromatic carbocycles. The number of rotatable bonds is 4. The quantitative estimate of drug-likeness (QED) is 0.681. The molecule has 1 atom stereocenters. The van der Waals surface area contributed by atoms with Gasteiger partial charge in [-0.1, -0.05) is 11.6 Å². The van der Waals surface area contributed by atoms with Crippen LogP contribution >= 0.6 is 11.6 Å². The van der Waals surface area contributed by atoms with Gasteiger partial charge in [0.1, 0.15) is 11.4 Å². The van der Waals surface area contributed by atoms with E-state index in [-0.39, 0.29) is 5.75 Å². The van der Waals surface area contributed by atoms with E-state index in [2.05, 4.69) is 20.5 Å². The normalized spacial score (nSPS) is 12.3. The summed E-state index contributed by atoms with van der Waals surface area (Å²) < 4.78 is 0. The topological polar surface area (TPSA) is 91.2 Å². The number of nitrogens with one attached hydrogen (secondary N) is 1. The SMILES string of the molecule is CC(O)CNc1nnc(-c2ccc(Cl)cc2O)c2ccncc12. The molecule has 0 amide bonds. The van der Waals surface area contributed by atoms with Crippen LogP contribution in [0.3, 0.4) is 0 Å². The number of phenolic OH excluding ortho intramolecular Hbond substituents is 1. The van der Waals surface area contributed by atoms with Gasteiger partial charge in [0.2, 0.25) is 0 Å². The molecular weight excluding hydrogens is 316 g/mol. The van der Waals surface area contributed by atoms with Gasteiger partial charge in [-0.05, 0) is 31.2 Å². The number of halogens is 1. The van der Waals surface area contributed by atoms with Gasteiger partial charge in [0.05, 0.1) is 6.10 Å². The highest BCUT2D eigenvalue weighted by Crippen LogP contribution is 2.35. The number of nitrogens with zero attached hydrogens (tertiary/aromatic N) is 3. The van der Waals surface area contributed by atoms with Gasteiger partial charge in [-0.3, -0.25) is 4.98 Å². The summed E-state index contributed by atoms with van der Waals surface area (Å²) >= 11 is 5.88. The third-order valence-electron chi connectivity index (χ3n) is 3.36. The van der Waals surface area contributed by atoms with Crippen LogP contribution in [0.25, 0.3) is 22.0 Å². The number of hydrogen-bond acceptors (Lipinski definition) is 6. The predicted molar refractivity (Wildman–Crippen MR) is 89.6 cm³/mol. The molecule has 6 nitrogen and oxygen atoms in total. The number of hydrogen-bond donors (Lipinski definition) is 3. The minimum atomic E-state index is -0.511. The zero-order valence-electron chi connectivity index (χ0n) is 12.4. The fourth-order valence-electron chi connectivity index (χ4n) is 2.28. The third kappa shape index (κ3) is 3.18. The Morgan fingerprint density at radius 2 is 2.04 bits per heavy atom. The lowest BCUT2D eigenvalue weighted by Gasteiger charge is -2.12. The maximum Gasteiger partial charge on any atom is 0.158 e. The van der Waals surface area contributed by atoms with E-state index in [0.29, 0.717) is 28.6 Å². The fourth-order valence-corrected chi connectivity index (χ4v) is 2.44. The first-order valence-electron chi connectivity index (χ1n) is 7.07. The van der Waals surface area contributed by atoms with Gasteiger partial charge in [-0.2, -0.15) is 0 Å². The number of phenols is 1. The van der Waals surface area contributed by atoms with Gasteiger partial charge in [0, 0.05) is 40.3 Å². The van der Waals surface area contributed by atoms with Crippen LogP contribution < -0.4 is 5.32 Å². The Morgan fingerprint density at radius 3 is 2.78 bits per heavy atom. The molecule has 3 N–H and O–H groups in total. The van der Waals surface area contributed by atoms with Gasteiger partial charge in [-0.25, -0.2) is 0 Å². The molecule has 0 fully saturated rings. The van der Waals surface area contributed by atoms with Crippen LogP contribution in [0, 0.1) is 0 Å². The summed E-state index contributed by atoms with van der Waals surface area (Å²) in [6.07, 6.45) is 2.81. The van der Waals surface area contributed by atoms with Crippen molar-refractivity contribution in [3.63, 3.8) is 0 Å². The lowest BCUT2D eigenvalue weighted by Crippen LogP contribution is -2.16. The van der Waals surface area contributed by atoms with Gasteiger partial charge in [-0.15, -0.1) is 10.2 Å². The summed E-state index contributed by atoms with van der Waals surface area (Å²) in [5.74, 6) is 0.570. The van der Waals surface area contributed by atoms with Crippen LogP contribution in [0.15, 0.2) is 36.7 Å². The number of aromatic hydroxyl groups is 1. The van der Waals surface area contributed by atoms with Gasteiger partial charge in [0.15, 0.2) is 5.82 Å². The predicted octanol–water partition coefficient (Wildman–Crippen LogP) is 2.84. The Labute approximate surface area is 137 Å². The molecule has 0 aliphatic heterocycles. The number of aliphatic hydroxyl groups is 1. The van der Waals surface area contributed by atoms with E-state index in [1.54, 1.807) is 37.5 Å². The molecule has 0 radical (unpaired) electrons. The molecule has 1 unspecified atom stereocenters. The van der Waals surface area contributed by atoms with Crippen molar-refractivity contribution in [2.24, 2.45) is 0 Å². The first-order chi connectivity index (χ1) is 11.1. The van der Waals surface area contributed by atoms with Gasteiger partial charge < -0.3 is 15.5 Å². The fraction of sp³-hybridized carbons (Fsp3) is 0.188. The average Bonchev–Trinajstić information content (AvgIpc) is 2.53. The highest BCUT2D eigenvalue weighted by Gasteiger charge is 2.14. The molecule has 0 bridgehead atoms. The average molecular weight is 331 g/mol. The Kier molecular flexibility index (Phi) is 4.27. The van der Waals surface area contributed by atoms with Crippen molar-refractivity contribution >= 4 is 28.2 Å². The summed E-state index contributed by atoms with van der Waals surface area (Å²) in [7, 11) is 0. The van der Waals surface area contributed by atoms with Crippen molar-refractivity contribution in [1.29, 1.82) is 0 Å². The lowest BCUT2D eigenvalue weighted by atomic mass is 10.1. The van der Waals surface area contributed by atoms with Crippen molar-refractivity contribution in [3.05, 3.63) is 41.7 Å². The highest BCUT2D eigenvalue weighted by molar-refractivity contribution is 6.30. The van der Waals surface area contributed by atoms with E-state index < -0.39 is 6.10 Å². The van der Waals surface area contributed by atoms with E-state index in [1.165, 1.54) is 6.07 Å². The Hall–Kier alpha value is -2.44. The first-order valence-corrected chi connectivity index (χ1v) is 7.45. The lowest BCUT2D eigenvalue weighted by molar-refractivity contribution is 0.208. The largest absolute Gasteiger partial charge is 0.507 e. The molecule has 2 heterocycles.